The van der Waals surface area contributed by atoms with Crippen LogP contribution in [0.25, 0.3) is 17.1 Å². The number of rotatable bonds is 6. The van der Waals surface area contributed by atoms with E-state index in [-0.39, 0.29) is 22.5 Å². The standard InChI is InChI=1S/C26H25BrFN5O3/c1-14-10-30-19(23-15(2)11-31-25(32-23)26(4,5)35)9-20(14)33-16(3)8-21(22(27)24(33)34)36-13-18-7-6-17(28)12-29-18/h6-12,35H,13H2,1-5H3. The number of ether oxygens (including phenoxy) is 1. The summed E-state index contributed by atoms with van der Waals surface area (Å²) < 4.78 is 20.7. The first kappa shape index (κ1) is 25.6. The molecule has 0 atom stereocenters. The van der Waals surface area contributed by atoms with Crippen molar-refractivity contribution in [2.45, 2.75) is 46.8 Å². The lowest BCUT2D eigenvalue weighted by Gasteiger charge is -2.18. The van der Waals surface area contributed by atoms with Crippen molar-refractivity contribution in [2.24, 2.45) is 0 Å². The van der Waals surface area contributed by atoms with Gasteiger partial charge in [-0.05, 0) is 79.9 Å². The molecule has 0 spiro atoms. The van der Waals surface area contributed by atoms with Crippen LogP contribution in [-0.2, 0) is 12.2 Å². The molecule has 0 aliphatic rings. The average molecular weight is 554 g/mol. The van der Waals surface area contributed by atoms with Crippen molar-refractivity contribution in [1.82, 2.24) is 24.5 Å². The molecule has 4 aromatic heterocycles. The number of pyridine rings is 3. The van der Waals surface area contributed by atoms with Crippen molar-refractivity contribution in [2.75, 3.05) is 0 Å². The van der Waals surface area contributed by atoms with Crippen LogP contribution in [0.15, 0.2) is 52.1 Å². The van der Waals surface area contributed by atoms with Gasteiger partial charge in [0.2, 0.25) is 0 Å². The maximum atomic E-state index is 13.4. The molecule has 0 saturated heterocycles. The molecule has 0 amide bonds. The molecule has 0 aliphatic carbocycles. The lowest BCUT2D eigenvalue weighted by molar-refractivity contribution is 0.0688. The number of halogens is 2. The number of hydrogen-bond donors (Lipinski definition) is 1. The molecule has 0 aromatic carbocycles. The van der Waals surface area contributed by atoms with E-state index in [1.54, 1.807) is 49.9 Å². The summed E-state index contributed by atoms with van der Waals surface area (Å²) in [5.41, 5.74) is 2.97. The van der Waals surface area contributed by atoms with Crippen LogP contribution in [0, 0.1) is 26.6 Å². The Bertz CT molecular complexity index is 1500. The Kier molecular flexibility index (Phi) is 7.01. The lowest BCUT2D eigenvalue weighted by atomic mass is 10.1. The minimum Gasteiger partial charge on any atom is -0.486 e. The number of hydrogen-bond acceptors (Lipinski definition) is 7. The van der Waals surface area contributed by atoms with Gasteiger partial charge in [-0.3, -0.25) is 19.3 Å². The maximum absolute atomic E-state index is 13.4. The number of aliphatic hydroxyl groups is 1. The van der Waals surface area contributed by atoms with Gasteiger partial charge in [-0.15, -0.1) is 0 Å². The molecular formula is C26H25BrFN5O3. The molecule has 4 aromatic rings. The highest BCUT2D eigenvalue weighted by atomic mass is 79.9. The van der Waals surface area contributed by atoms with Crippen molar-refractivity contribution in [3.05, 3.63) is 91.8 Å². The third kappa shape index (κ3) is 5.19. The zero-order valence-electron chi connectivity index (χ0n) is 20.5. The van der Waals surface area contributed by atoms with Gasteiger partial charge in [0.25, 0.3) is 5.56 Å². The Balaban J connectivity index is 1.75. The van der Waals surface area contributed by atoms with Crippen LogP contribution in [-0.4, -0.2) is 29.6 Å². The quantitative estimate of drug-likeness (QED) is 0.368. The molecule has 4 heterocycles. The summed E-state index contributed by atoms with van der Waals surface area (Å²) in [6, 6.07) is 6.37. The lowest BCUT2D eigenvalue weighted by Crippen LogP contribution is -2.23. The monoisotopic (exact) mass is 553 g/mol. The average Bonchev–Trinajstić information content (AvgIpc) is 2.82. The van der Waals surface area contributed by atoms with E-state index in [4.69, 9.17) is 4.74 Å². The summed E-state index contributed by atoms with van der Waals surface area (Å²) in [5, 5.41) is 10.4. The molecular weight excluding hydrogens is 529 g/mol. The van der Waals surface area contributed by atoms with Gasteiger partial charge >= 0.3 is 0 Å². The van der Waals surface area contributed by atoms with Crippen LogP contribution < -0.4 is 10.3 Å². The zero-order valence-corrected chi connectivity index (χ0v) is 22.1. The summed E-state index contributed by atoms with van der Waals surface area (Å²) in [7, 11) is 0. The van der Waals surface area contributed by atoms with E-state index in [0.29, 0.717) is 34.2 Å². The second kappa shape index (κ2) is 9.87. The molecule has 0 unspecified atom stereocenters. The van der Waals surface area contributed by atoms with E-state index in [1.165, 1.54) is 12.1 Å². The van der Waals surface area contributed by atoms with Crippen molar-refractivity contribution in [1.29, 1.82) is 0 Å². The van der Waals surface area contributed by atoms with Gasteiger partial charge in [0.1, 0.15) is 28.2 Å². The third-order valence-electron chi connectivity index (χ3n) is 5.54. The highest BCUT2D eigenvalue weighted by molar-refractivity contribution is 9.10. The molecule has 0 radical (unpaired) electrons. The zero-order chi connectivity index (χ0) is 26.2. The molecule has 4 rings (SSSR count). The van der Waals surface area contributed by atoms with E-state index < -0.39 is 11.4 Å². The van der Waals surface area contributed by atoms with Crippen molar-refractivity contribution >= 4 is 15.9 Å². The molecule has 8 nitrogen and oxygen atoms in total. The van der Waals surface area contributed by atoms with Crippen LogP contribution in [0.1, 0.15) is 42.2 Å². The second-order valence-corrected chi connectivity index (χ2v) is 9.79. The van der Waals surface area contributed by atoms with E-state index in [9.17, 15) is 14.3 Å². The largest absolute Gasteiger partial charge is 0.486 e. The predicted octanol–water partition coefficient (Wildman–Crippen LogP) is 4.72. The minimum atomic E-state index is -1.21. The predicted molar refractivity (Wildman–Crippen MR) is 137 cm³/mol. The molecule has 0 bridgehead atoms. The van der Waals surface area contributed by atoms with Crippen molar-refractivity contribution in [3.8, 4) is 22.8 Å². The Morgan fingerprint density at radius 1 is 1.06 bits per heavy atom. The molecule has 1 N–H and O–H groups in total. The van der Waals surface area contributed by atoms with E-state index >= 15 is 0 Å². The fourth-order valence-electron chi connectivity index (χ4n) is 3.61. The summed E-state index contributed by atoms with van der Waals surface area (Å²) in [6.07, 6.45) is 4.44. The van der Waals surface area contributed by atoms with Crippen LogP contribution >= 0.6 is 15.9 Å². The number of aromatic nitrogens is 5. The van der Waals surface area contributed by atoms with Gasteiger partial charge in [-0.1, -0.05) is 0 Å². The first-order valence-electron chi connectivity index (χ1n) is 11.1. The summed E-state index contributed by atoms with van der Waals surface area (Å²) in [4.78, 5) is 30.7. The number of nitrogens with zero attached hydrogens (tertiary/aromatic N) is 5. The molecule has 0 saturated carbocycles. The van der Waals surface area contributed by atoms with Gasteiger partial charge in [0, 0.05) is 24.2 Å². The fourth-order valence-corrected chi connectivity index (χ4v) is 4.02. The van der Waals surface area contributed by atoms with E-state index in [1.807, 2.05) is 13.8 Å². The third-order valence-corrected chi connectivity index (χ3v) is 6.27. The molecule has 186 valence electrons. The van der Waals surface area contributed by atoms with E-state index in [0.717, 1.165) is 17.3 Å². The highest BCUT2D eigenvalue weighted by Gasteiger charge is 2.22. The normalized spacial score (nSPS) is 11.6. The second-order valence-electron chi connectivity index (χ2n) is 9.00. The van der Waals surface area contributed by atoms with Crippen LogP contribution in [0.3, 0.4) is 0 Å². The Morgan fingerprint density at radius 2 is 1.78 bits per heavy atom. The molecule has 36 heavy (non-hydrogen) atoms. The number of aryl methyl sites for hydroxylation is 3. The summed E-state index contributed by atoms with van der Waals surface area (Å²) in [5.74, 6) is 0.201. The Morgan fingerprint density at radius 3 is 2.44 bits per heavy atom. The molecule has 0 aliphatic heterocycles. The topological polar surface area (TPSA) is 103 Å². The maximum Gasteiger partial charge on any atom is 0.273 e. The van der Waals surface area contributed by atoms with Crippen LogP contribution in [0.2, 0.25) is 0 Å². The Hall–Kier alpha value is -3.50. The van der Waals surface area contributed by atoms with Gasteiger partial charge in [-0.2, -0.15) is 0 Å². The first-order chi connectivity index (χ1) is 17.0. The smallest absolute Gasteiger partial charge is 0.273 e. The summed E-state index contributed by atoms with van der Waals surface area (Å²) in [6.45, 7) is 8.85. The van der Waals surface area contributed by atoms with E-state index in [2.05, 4.69) is 35.9 Å². The molecule has 10 heteroatoms. The highest BCUT2D eigenvalue weighted by Crippen LogP contribution is 2.28. The van der Waals surface area contributed by atoms with Crippen molar-refractivity contribution in [3.63, 3.8) is 0 Å². The van der Waals surface area contributed by atoms with Gasteiger partial charge < -0.3 is 9.84 Å². The van der Waals surface area contributed by atoms with Crippen LogP contribution in [0.4, 0.5) is 4.39 Å². The molecule has 0 fully saturated rings. The van der Waals surface area contributed by atoms with Crippen LogP contribution in [0.5, 0.6) is 5.75 Å². The minimum absolute atomic E-state index is 0.0801. The Labute approximate surface area is 216 Å². The SMILES string of the molecule is Cc1cnc(-c2nc(C(C)(C)O)ncc2C)cc1-n1c(C)cc(OCc2ccc(F)cn2)c(Br)c1=O. The van der Waals surface area contributed by atoms with Crippen molar-refractivity contribution < 1.29 is 14.2 Å². The summed E-state index contributed by atoms with van der Waals surface area (Å²) >= 11 is 3.38. The van der Waals surface area contributed by atoms with Gasteiger partial charge in [0.05, 0.1) is 29.0 Å². The van der Waals surface area contributed by atoms with Gasteiger partial charge in [-0.25, -0.2) is 14.4 Å². The van der Waals surface area contributed by atoms with Gasteiger partial charge in [0.15, 0.2) is 5.82 Å². The fraction of sp³-hybridized carbons (Fsp3) is 0.269. The first-order valence-corrected chi connectivity index (χ1v) is 11.9.